The average Bonchev–Trinajstić information content (AvgIpc) is 2.32. The third-order valence-electron chi connectivity index (χ3n) is 2.49. The van der Waals surface area contributed by atoms with Crippen molar-refractivity contribution in [1.82, 2.24) is 10.3 Å². The van der Waals surface area contributed by atoms with Crippen LogP contribution < -0.4 is 10.1 Å². The van der Waals surface area contributed by atoms with Crippen LogP contribution in [0.4, 0.5) is 0 Å². The molecule has 0 atom stereocenters. The molecule has 4 heteroatoms. The van der Waals surface area contributed by atoms with Gasteiger partial charge in [0.25, 0.3) is 0 Å². The Bertz CT molecular complexity index is 386. The van der Waals surface area contributed by atoms with E-state index in [2.05, 4.69) is 17.2 Å². The summed E-state index contributed by atoms with van der Waals surface area (Å²) in [5.74, 6) is 0.837. The molecule has 0 aliphatic rings. The zero-order valence-corrected chi connectivity index (χ0v) is 12.7. The van der Waals surface area contributed by atoms with Crippen molar-refractivity contribution in [3.63, 3.8) is 0 Å². The largest absolute Gasteiger partial charge is 0.489 e. The lowest BCUT2D eigenvalue weighted by molar-refractivity contribution is -0.0164. The van der Waals surface area contributed by atoms with Gasteiger partial charge in [-0.05, 0) is 46.4 Å². The maximum atomic E-state index is 5.76. The molecule has 0 spiro atoms. The predicted molar refractivity (Wildman–Crippen MR) is 77.6 cm³/mol. The molecule has 0 unspecified atom stereocenters. The van der Waals surface area contributed by atoms with Gasteiger partial charge in [-0.15, -0.1) is 0 Å². The van der Waals surface area contributed by atoms with Crippen molar-refractivity contribution in [2.45, 2.75) is 46.8 Å². The van der Waals surface area contributed by atoms with E-state index in [1.165, 1.54) is 0 Å². The Morgan fingerprint density at radius 3 is 2.58 bits per heavy atom. The molecule has 4 nitrogen and oxygen atoms in total. The molecule has 1 heterocycles. The number of aryl methyl sites for hydroxylation is 1. The number of rotatable bonds is 7. The van der Waals surface area contributed by atoms with Gasteiger partial charge in [-0.25, -0.2) is 0 Å². The van der Waals surface area contributed by atoms with Gasteiger partial charge in [-0.1, -0.05) is 6.92 Å². The summed E-state index contributed by atoms with van der Waals surface area (Å²) < 4.78 is 11.4. The molecule has 1 N–H and O–H groups in total. The molecule has 0 aliphatic heterocycles. The molecule has 0 bridgehead atoms. The van der Waals surface area contributed by atoms with E-state index in [4.69, 9.17) is 9.47 Å². The molecule has 0 fully saturated rings. The average molecular weight is 266 g/mol. The van der Waals surface area contributed by atoms with E-state index in [1.54, 1.807) is 0 Å². The predicted octanol–water partition coefficient (Wildman–Crippen LogP) is 2.69. The van der Waals surface area contributed by atoms with Crippen LogP contribution in [0.5, 0.6) is 5.75 Å². The third-order valence-corrected chi connectivity index (χ3v) is 2.49. The van der Waals surface area contributed by atoms with Crippen LogP contribution in [0.3, 0.4) is 0 Å². The monoisotopic (exact) mass is 266 g/mol. The number of hydrogen-bond donors (Lipinski definition) is 1. The molecule has 0 saturated heterocycles. The van der Waals surface area contributed by atoms with Crippen LogP contribution in [-0.2, 0) is 11.3 Å². The van der Waals surface area contributed by atoms with Crippen molar-refractivity contribution in [3.05, 3.63) is 23.5 Å². The van der Waals surface area contributed by atoms with Crippen molar-refractivity contribution >= 4 is 0 Å². The lowest BCUT2D eigenvalue weighted by Crippen LogP contribution is -2.23. The fraction of sp³-hybridized carbons (Fsp3) is 0.667. The Morgan fingerprint density at radius 2 is 1.95 bits per heavy atom. The lowest BCUT2D eigenvalue weighted by atomic mass is 10.2. The molecule has 19 heavy (non-hydrogen) atoms. The summed E-state index contributed by atoms with van der Waals surface area (Å²) in [6.07, 6.45) is 0. The minimum atomic E-state index is -0.124. The highest BCUT2D eigenvalue weighted by atomic mass is 16.5. The van der Waals surface area contributed by atoms with Crippen molar-refractivity contribution in [2.24, 2.45) is 0 Å². The zero-order valence-electron chi connectivity index (χ0n) is 12.7. The van der Waals surface area contributed by atoms with Crippen molar-refractivity contribution in [3.8, 4) is 5.75 Å². The summed E-state index contributed by atoms with van der Waals surface area (Å²) in [5.41, 5.74) is 1.84. The highest BCUT2D eigenvalue weighted by Gasteiger charge is 2.10. The van der Waals surface area contributed by atoms with Gasteiger partial charge >= 0.3 is 0 Å². The van der Waals surface area contributed by atoms with Gasteiger partial charge in [0.1, 0.15) is 12.4 Å². The van der Waals surface area contributed by atoms with Crippen LogP contribution in [0.25, 0.3) is 0 Å². The lowest BCUT2D eigenvalue weighted by Gasteiger charge is -2.20. The molecule has 1 rings (SSSR count). The Hall–Kier alpha value is -1.13. The third kappa shape index (κ3) is 6.55. The highest BCUT2D eigenvalue weighted by molar-refractivity contribution is 5.29. The minimum Gasteiger partial charge on any atom is -0.489 e. The summed E-state index contributed by atoms with van der Waals surface area (Å²) in [6, 6.07) is 3.95. The first kappa shape index (κ1) is 15.9. The number of ether oxygens (including phenoxy) is 2. The molecule has 0 radical (unpaired) electrons. The van der Waals surface area contributed by atoms with E-state index in [0.717, 1.165) is 30.2 Å². The fourth-order valence-corrected chi connectivity index (χ4v) is 1.60. The van der Waals surface area contributed by atoms with E-state index in [0.29, 0.717) is 13.2 Å². The van der Waals surface area contributed by atoms with Gasteiger partial charge < -0.3 is 14.8 Å². The molecular formula is C15H26N2O2. The number of nitrogens with one attached hydrogen (secondary N) is 1. The van der Waals surface area contributed by atoms with Crippen LogP contribution in [0, 0.1) is 6.92 Å². The first-order chi connectivity index (χ1) is 8.92. The summed E-state index contributed by atoms with van der Waals surface area (Å²) in [4.78, 5) is 4.51. The number of pyridine rings is 1. The molecule has 0 amide bonds. The Morgan fingerprint density at radius 1 is 1.21 bits per heavy atom. The minimum absolute atomic E-state index is 0.124. The molecular weight excluding hydrogens is 240 g/mol. The van der Waals surface area contributed by atoms with Gasteiger partial charge in [0.15, 0.2) is 0 Å². The van der Waals surface area contributed by atoms with Crippen LogP contribution in [-0.4, -0.2) is 30.3 Å². The first-order valence-electron chi connectivity index (χ1n) is 6.86. The second-order valence-corrected chi connectivity index (χ2v) is 5.49. The van der Waals surface area contributed by atoms with Gasteiger partial charge in [0.2, 0.25) is 0 Å². The Labute approximate surface area is 116 Å². The van der Waals surface area contributed by atoms with E-state index in [9.17, 15) is 0 Å². The van der Waals surface area contributed by atoms with E-state index < -0.39 is 0 Å². The van der Waals surface area contributed by atoms with E-state index in [-0.39, 0.29) is 5.60 Å². The molecule has 0 aliphatic carbocycles. The standard InChI is InChI=1S/C15H26N2O2/c1-6-16-11-13-14(8-7-12(2)17-13)18-9-10-19-15(3,4)5/h7-8,16H,6,9-11H2,1-5H3. The van der Waals surface area contributed by atoms with Gasteiger partial charge in [-0.3, -0.25) is 4.98 Å². The van der Waals surface area contributed by atoms with Crippen molar-refractivity contribution < 1.29 is 9.47 Å². The molecule has 108 valence electrons. The molecule has 0 saturated carbocycles. The number of hydrogen-bond acceptors (Lipinski definition) is 4. The van der Waals surface area contributed by atoms with Crippen LogP contribution >= 0.6 is 0 Å². The number of nitrogens with zero attached hydrogens (tertiary/aromatic N) is 1. The zero-order chi connectivity index (χ0) is 14.3. The topological polar surface area (TPSA) is 43.4 Å². The van der Waals surface area contributed by atoms with Gasteiger partial charge in [-0.2, -0.15) is 0 Å². The van der Waals surface area contributed by atoms with Gasteiger partial charge in [0.05, 0.1) is 17.9 Å². The first-order valence-corrected chi connectivity index (χ1v) is 6.86. The van der Waals surface area contributed by atoms with Crippen molar-refractivity contribution in [1.29, 1.82) is 0 Å². The van der Waals surface area contributed by atoms with Crippen LogP contribution in [0.15, 0.2) is 12.1 Å². The summed E-state index contributed by atoms with van der Waals surface area (Å²) in [6.45, 7) is 13.0. The SMILES string of the molecule is CCNCc1nc(C)ccc1OCCOC(C)(C)C. The molecule has 1 aromatic rings. The summed E-state index contributed by atoms with van der Waals surface area (Å²) in [5, 5.41) is 3.27. The highest BCUT2D eigenvalue weighted by Crippen LogP contribution is 2.17. The molecule has 0 aromatic carbocycles. The smallest absolute Gasteiger partial charge is 0.142 e. The van der Waals surface area contributed by atoms with E-state index >= 15 is 0 Å². The maximum Gasteiger partial charge on any atom is 0.142 e. The second kappa shape index (κ2) is 7.46. The van der Waals surface area contributed by atoms with E-state index in [1.807, 2.05) is 39.8 Å². The summed E-state index contributed by atoms with van der Waals surface area (Å²) in [7, 11) is 0. The van der Waals surface area contributed by atoms with Crippen molar-refractivity contribution in [2.75, 3.05) is 19.8 Å². The number of aromatic nitrogens is 1. The quantitative estimate of drug-likeness (QED) is 0.771. The van der Waals surface area contributed by atoms with Crippen LogP contribution in [0.2, 0.25) is 0 Å². The Balaban J connectivity index is 2.52. The maximum absolute atomic E-state index is 5.76. The summed E-state index contributed by atoms with van der Waals surface area (Å²) >= 11 is 0. The van der Waals surface area contributed by atoms with Gasteiger partial charge in [0, 0.05) is 12.2 Å². The fourth-order valence-electron chi connectivity index (χ4n) is 1.60. The van der Waals surface area contributed by atoms with Crippen LogP contribution in [0.1, 0.15) is 39.1 Å². The second-order valence-electron chi connectivity index (χ2n) is 5.49. The normalized spacial score (nSPS) is 11.6. The molecule has 1 aromatic heterocycles. The Kier molecular flexibility index (Phi) is 6.25.